The zero-order chi connectivity index (χ0) is 16.4. The van der Waals surface area contributed by atoms with Crippen molar-refractivity contribution in [3.63, 3.8) is 0 Å². The van der Waals surface area contributed by atoms with E-state index in [1.165, 1.54) is 0 Å². The Kier molecular flexibility index (Phi) is 4.14. The molecule has 6 heteroatoms. The summed E-state index contributed by atoms with van der Waals surface area (Å²) in [5.74, 6) is -0.0250. The number of aryl methyl sites for hydroxylation is 2. The van der Waals surface area contributed by atoms with Gasteiger partial charge in [0, 0.05) is 19.2 Å². The van der Waals surface area contributed by atoms with E-state index in [9.17, 15) is 4.79 Å². The molecule has 0 saturated carbocycles. The van der Waals surface area contributed by atoms with Crippen LogP contribution in [0.15, 0.2) is 30.5 Å². The Morgan fingerprint density at radius 2 is 2.00 bits per heavy atom. The van der Waals surface area contributed by atoms with Gasteiger partial charge in [0.05, 0.1) is 18.4 Å². The van der Waals surface area contributed by atoms with Crippen molar-refractivity contribution < 1.29 is 4.79 Å². The lowest BCUT2D eigenvalue weighted by molar-refractivity contribution is 0.0953. The van der Waals surface area contributed by atoms with Crippen molar-refractivity contribution in [2.75, 3.05) is 6.54 Å². The number of amides is 1. The van der Waals surface area contributed by atoms with Crippen LogP contribution >= 0.6 is 0 Å². The second-order valence-corrected chi connectivity index (χ2v) is 5.70. The molecule has 23 heavy (non-hydrogen) atoms. The molecule has 1 N–H and O–H groups in total. The fraction of sp³-hybridized carbons (Fsp3) is 0.353. The molecule has 0 radical (unpaired) electrons. The number of carbonyl (C=O) groups excluding carboxylic acids is 1. The number of hydrogen-bond donors (Lipinski definition) is 1. The second-order valence-electron chi connectivity index (χ2n) is 5.70. The van der Waals surface area contributed by atoms with Gasteiger partial charge in [0.25, 0.3) is 5.91 Å². The van der Waals surface area contributed by atoms with E-state index in [4.69, 9.17) is 0 Å². The Bertz CT molecular complexity index is 829. The predicted molar refractivity (Wildman–Crippen MR) is 89.4 cm³/mol. The quantitative estimate of drug-likeness (QED) is 0.786. The molecule has 2 heterocycles. The highest BCUT2D eigenvalue weighted by Crippen LogP contribution is 2.18. The molecule has 0 spiro atoms. The van der Waals surface area contributed by atoms with Crippen molar-refractivity contribution in [2.45, 2.75) is 26.8 Å². The fourth-order valence-electron chi connectivity index (χ4n) is 2.71. The van der Waals surface area contributed by atoms with Gasteiger partial charge in [-0.3, -0.25) is 14.2 Å². The van der Waals surface area contributed by atoms with E-state index in [1.807, 2.05) is 60.7 Å². The first kappa shape index (κ1) is 15.3. The van der Waals surface area contributed by atoms with Gasteiger partial charge in [0.2, 0.25) is 0 Å². The minimum atomic E-state index is -0.0250. The number of carbonyl (C=O) groups is 1. The normalized spacial score (nSPS) is 11.1. The van der Waals surface area contributed by atoms with Crippen LogP contribution in [0.4, 0.5) is 0 Å². The van der Waals surface area contributed by atoms with Crippen molar-refractivity contribution >= 4 is 16.9 Å². The summed E-state index contributed by atoms with van der Waals surface area (Å²) in [4.78, 5) is 11.9. The average Bonchev–Trinajstić information content (AvgIpc) is 3.08. The van der Waals surface area contributed by atoms with E-state index < -0.39 is 0 Å². The lowest BCUT2D eigenvalue weighted by atomic mass is 10.1. The molecule has 0 unspecified atom stereocenters. The van der Waals surface area contributed by atoms with Crippen molar-refractivity contribution in [1.82, 2.24) is 24.9 Å². The van der Waals surface area contributed by atoms with Crippen LogP contribution in [0.2, 0.25) is 0 Å². The minimum Gasteiger partial charge on any atom is -0.352 e. The summed E-state index contributed by atoms with van der Waals surface area (Å²) in [6.45, 7) is 5.38. The van der Waals surface area contributed by atoms with Gasteiger partial charge in [-0.1, -0.05) is 19.1 Å². The van der Waals surface area contributed by atoms with Gasteiger partial charge >= 0.3 is 0 Å². The van der Waals surface area contributed by atoms with Crippen molar-refractivity contribution in [3.8, 4) is 0 Å². The molecular formula is C17H21N5O. The fourth-order valence-corrected chi connectivity index (χ4v) is 2.71. The van der Waals surface area contributed by atoms with Crippen LogP contribution in [-0.4, -0.2) is 32.0 Å². The number of fused-ring (bicyclic) bond motifs is 1. The Balaban J connectivity index is 1.79. The summed E-state index contributed by atoms with van der Waals surface area (Å²) in [5, 5.41) is 11.7. The van der Waals surface area contributed by atoms with E-state index in [0.717, 1.165) is 28.7 Å². The van der Waals surface area contributed by atoms with Crippen LogP contribution in [0.1, 0.15) is 35.0 Å². The molecular weight excluding hydrogens is 290 g/mol. The average molecular weight is 311 g/mol. The first-order valence-corrected chi connectivity index (χ1v) is 7.82. The van der Waals surface area contributed by atoms with Gasteiger partial charge in [-0.25, -0.2) is 0 Å². The number of aromatic nitrogens is 4. The Morgan fingerprint density at radius 1 is 1.26 bits per heavy atom. The van der Waals surface area contributed by atoms with Gasteiger partial charge in [0.1, 0.15) is 11.0 Å². The number of nitrogens with one attached hydrogen (secondary N) is 1. The van der Waals surface area contributed by atoms with Crippen LogP contribution in [0.25, 0.3) is 11.0 Å². The van der Waals surface area contributed by atoms with Crippen molar-refractivity contribution in [3.05, 3.63) is 47.3 Å². The highest BCUT2D eigenvalue weighted by Gasteiger charge is 2.12. The molecule has 0 fully saturated rings. The highest BCUT2D eigenvalue weighted by atomic mass is 16.1. The zero-order valence-electron chi connectivity index (χ0n) is 13.7. The molecule has 3 aromatic rings. The van der Waals surface area contributed by atoms with Gasteiger partial charge < -0.3 is 5.32 Å². The molecule has 0 aliphatic heterocycles. The van der Waals surface area contributed by atoms with Crippen LogP contribution in [0.5, 0.6) is 0 Å². The molecule has 3 rings (SSSR count). The van der Waals surface area contributed by atoms with Crippen LogP contribution in [0, 0.1) is 6.92 Å². The molecule has 6 nitrogen and oxygen atoms in total. The number of nitrogens with zero attached hydrogens (tertiary/aromatic N) is 4. The molecule has 0 atom stereocenters. The number of hydrogen-bond acceptors (Lipinski definition) is 3. The Hall–Kier alpha value is -2.63. The summed E-state index contributed by atoms with van der Waals surface area (Å²) in [6, 6.07) is 7.66. The first-order valence-electron chi connectivity index (χ1n) is 7.82. The molecule has 1 amide bonds. The maximum Gasteiger partial charge on any atom is 0.251 e. The zero-order valence-corrected chi connectivity index (χ0v) is 13.7. The van der Waals surface area contributed by atoms with E-state index in [2.05, 4.69) is 15.5 Å². The molecule has 120 valence electrons. The molecule has 2 aromatic heterocycles. The van der Waals surface area contributed by atoms with Crippen molar-refractivity contribution in [2.24, 2.45) is 7.05 Å². The Morgan fingerprint density at radius 3 is 2.70 bits per heavy atom. The maximum atomic E-state index is 11.9. The smallest absolute Gasteiger partial charge is 0.251 e. The van der Waals surface area contributed by atoms with Crippen LogP contribution < -0.4 is 5.32 Å². The van der Waals surface area contributed by atoms with Gasteiger partial charge in [-0.15, -0.1) is 0 Å². The summed E-state index contributed by atoms with van der Waals surface area (Å²) in [6.07, 6.45) is 2.77. The van der Waals surface area contributed by atoms with Crippen LogP contribution in [0.3, 0.4) is 0 Å². The summed E-state index contributed by atoms with van der Waals surface area (Å²) in [5.41, 5.74) is 4.83. The molecule has 0 saturated heterocycles. The lowest BCUT2D eigenvalue weighted by Crippen LogP contribution is -2.23. The second kappa shape index (κ2) is 6.24. The third kappa shape index (κ3) is 2.97. The standard InChI is InChI=1S/C17H21N5O/c1-4-9-18-17(23)14-7-5-13(6-8-14)11-22-16-12(2)20-21(3)15(16)10-19-22/h5-8,10H,4,9,11H2,1-3H3,(H,18,23). The largest absolute Gasteiger partial charge is 0.352 e. The lowest BCUT2D eigenvalue weighted by Gasteiger charge is -2.06. The molecule has 0 aliphatic rings. The minimum absolute atomic E-state index is 0.0250. The van der Waals surface area contributed by atoms with E-state index in [1.54, 1.807) is 0 Å². The third-order valence-corrected chi connectivity index (χ3v) is 3.90. The Labute approximate surface area is 135 Å². The molecule has 1 aromatic carbocycles. The van der Waals surface area contributed by atoms with Gasteiger partial charge in [0.15, 0.2) is 0 Å². The van der Waals surface area contributed by atoms with E-state index >= 15 is 0 Å². The monoisotopic (exact) mass is 311 g/mol. The number of rotatable bonds is 5. The summed E-state index contributed by atoms with van der Waals surface area (Å²) < 4.78 is 3.79. The van der Waals surface area contributed by atoms with E-state index in [0.29, 0.717) is 18.7 Å². The van der Waals surface area contributed by atoms with Gasteiger partial charge in [-0.2, -0.15) is 10.2 Å². The molecule has 0 aliphatic carbocycles. The maximum absolute atomic E-state index is 11.9. The number of benzene rings is 1. The van der Waals surface area contributed by atoms with E-state index in [-0.39, 0.29) is 5.91 Å². The SMILES string of the molecule is CCCNC(=O)c1ccc(Cn2ncc3c2c(C)nn3C)cc1. The van der Waals surface area contributed by atoms with Gasteiger partial charge in [-0.05, 0) is 31.0 Å². The summed E-state index contributed by atoms with van der Waals surface area (Å²) >= 11 is 0. The highest BCUT2D eigenvalue weighted by molar-refractivity contribution is 5.94. The predicted octanol–water partition coefficient (Wildman–Crippen LogP) is 2.27. The molecule has 0 bridgehead atoms. The first-order chi connectivity index (χ1) is 11.1. The third-order valence-electron chi connectivity index (χ3n) is 3.90. The summed E-state index contributed by atoms with van der Waals surface area (Å²) in [7, 11) is 1.92. The van der Waals surface area contributed by atoms with Crippen molar-refractivity contribution in [1.29, 1.82) is 0 Å². The van der Waals surface area contributed by atoms with Crippen LogP contribution in [-0.2, 0) is 13.6 Å². The topological polar surface area (TPSA) is 64.7 Å².